The van der Waals surface area contributed by atoms with Gasteiger partial charge in [0, 0.05) is 32.9 Å². The first-order chi connectivity index (χ1) is 24.3. The van der Waals surface area contributed by atoms with E-state index in [4.69, 9.17) is 8.83 Å². The Morgan fingerprint density at radius 1 is 0.347 bits per heavy atom. The minimum atomic E-state index is 0.851. The van der Waals surface area contributed by atoms with E-state index in [-0.39, 0.29) is 0 Å². The van der Waals surface area contributed by atoms with Gasteiger partial charge in [-0.15, -0.1) is 0 Å². The first-order valence-corrected chi connectivity index (χ1v) is 16.6. The predicted molar refractivity (Wildman–Crippen MR) is 204 cm³/mol. The smallest absolute Gasteiger partial charge is 0.159 e. The summed E-state index contributed by atoms with van der Waals surface area (Å²) in [4.78, 5) is 2.31. The minimum Gasteiger partial charge on any atom is -0.456 e. The van der Waals surface area contributed by atoms with E-state index in [0.29, 0.717) is 0 Å². The number of hydrogen-bond acceptors (Lipinski definition) is 3. The van der Waals surface area contributed by atoms with Crippen LogP contribution in [0.25, 0.3) is 76.9 Å². The molecule has 0 unspecified atom stereocenters. The molecule has 3 heteroatoms. The Kier molecular flexibility index (Phi) is 6.18. The van der Waals surface area contributed by atoms with Crippen LogP contribution in [-0.2, 0) is 0 Å². The minimum absolute atomic E-state index is 0.851. The molecule has 0 aliphatic rings. The van der Waals surface area contributed by atoms with Crippen molar-refractivity contribution in [1.29, 1.82) is 0 Å². The van der Waals surface area contributed by atoms with Crippen molar-refractivity contribution in [1.82, 2.24) is 0 Å². The van der Waals surface area contributed by atoms with Gasteiger partial charge in [-0.05, 0) is 87.6 Å². The number of nitrogens with zero attached hydrogens (tertiary/aromatic N) is 1. The molecule has 0 radical (unpaired) electrons. The SMILES string of the molecule is c1cc(-c2cccc(N(c3ccc4oc5ccccc5c4c3)c3cccc4c3oc3ccccc34)c2)cc(-c2cccc3ccccc23)c1. The maximum Gasteiger partial charge on any atom is 0.159 e. The van der Waals surface area contributed by atoms with E-state index in [0.717, 1.165) is 72.1 Å². The Bertz CT molecular complexity index is 2850. The predicted octanol–water partition coefficient (Wildman–Crippen LogP) is 13.4. The van der Waals surface area contributed by atoms with Crippen molar-refractivity contribution < 1.29 is 8.83 Å². The molecule has 0 amide bonds. The van der Waals surface area contributed by atoms with Crippen LogP contribution in [0.2, 0.25) is 0 Å². The highest BCUT2D eigenvalue weighted by atomic mass is 16.3. The van der Waals surface area contributed by atoms with Gasteiger partial charge < -0.3 is 13.7 Å². The van der Waals surface area contributed by atoms with Gasteiger partial charge in [-0.3, -0.25) is 0 Å². The molecule has 230 valence electrons. The summed E-state index contributed by atoms with van der Waals surface area (Å²) in [6.07, 6.45) is 0. The summed E-state index contributed by atoms with van der Waals surface area (Å²) < 4.78 is 12.8. The highest BCUT2D eigenvalue weighted by molar-refractivity contribution is 6.11. The standard InChI is InChI=1S/C46H29NO2/c1-2-17-36-30(11-1)12-9-20-37(36)33-15-7-13-31(27-33)32-14-8-16-34(28-32)47(35-25-26-45-41(29-35)39-19-4-5-23-43(39)48-45)42-22-10-21-40-38-18-3-6-24-44(38)49-46(40)42/h1-29H. The molecule has 3 nitrogen and oxygen atoms in total. The van der Waals surface area contributed by atoms with E-state index in [1.807, 2.05) is 24.3 Å². The van der Waals surface area contributed by atoms with Crippen LogP contribution >= 0.6 is 0 Å². The van der Waals surface area contributed by atoms with Gasteiger partial charge in [0.05, 0.1) is 5.69 Å². The molecule has 0 spiro atoms. The fraction of sp³-hybridized carbons (Fsp3) is 0. The molecule has 0 atom stereocenters. The summed E-state index contributed by atoms with van der Waals surface area (Å²) in [5.74, 6) is 0. The van der Waals surface area contributed by atoms with Crippen molar-refractivity contribution in [3.05, 3.63) is 176 Å². The van der Waals surface area contributed by atoms with E-state index in [1.54, 1.807) is 0 Å². The summed E-state index contributed by atoms with van der Waals surface area (Å²) in [5, 5.41) is 6.86. The summed E-state index contributed by atoms with van der Waals surface area (Å²) in [6, 6.07) is 62.1. The maximum absolute atomic E-state index is 6.60. The van der Waals surface area contributed by atoms with Crippen molar-refractivity contribution in [2.45, 2.75) is 0 Å². The molecule has 0 saturated carbocycles. The molecule has 0 aliphatic carbocycles. The lowest BCUT2D eigenvalue weighted by atomic mass is 9.95. The third kappa shape index (κ3) is 4.51. The second-order valence-electron chi connectivity index (χ2n) is 12.5. The third-order valence-electron chi connectivity index (χ3n) is 9.64. The molecule has 0 aliphatic heterocycles. The number of para-hydroxylation sites is 3. The molecule has 10 aromatic rings. The van der Waals surface area contributed by atoms with Gasteiger partial charge in [0.2, 0.25) is 0 Å². The number of rotatable bonds is 5. The first kappa shape index (κ1) is 27.5. The zero-order valence-electron chi connectivity index (χ0n) is 26.5. The van der Waals surface area contributed by atoms with Gasteiger partial charge in [-0.25, -0.2) is 0 Å². The van der Waals surface area contributed by atoms with Crippen LogP contribution in [0.4, 0.5) is 17.1 Å². The number of benzene rings is 8. The molecular weight excluding hydrogens is 599 g/mol. The van der Waals surface area contributed by atoms with Crippen molar-refractivity contribution >= 4 is 71.7 Å². The molecule has 49 heavy (non-hydrogen) atoms. The molecule has 0 bridgehead atoms. The Labute approximate surface area is 282 Å². The molecule has 8 aromatic carbocycles. The van der Waals surface area contributed by atoms with Crippen molar-refractivity contribution in [3.8, 4) is 22.3 Å². The zero-order chi connectivity index (χ0) is 32.3. The Balaban J connectivity index is 1.17. The fourth-order valence-electron chi connectivity index (χ4n) is 7.36. The molecule has 2 aromatic heterocycles. The van der Waals surface area contributed by atoms with Crippen LogP contribution in [0.1, 0.15) is 0 Å². The highest BCUT2D eigenvalue weighted by Gasteiger charge is 2.21. The van der Waals surface area contributed by atoms with Crippen LogP contribution in [0.3, 0.4) is 0 Å². The number of fused-ring (bicyclic) bond motifs is 7. The summed E-state index contributed by atoms with van der Waals surface area (Å²) >= 11 is 0. The topological polar surface area (TPSA) is 29.5 Å². The monoisotopic (exact) mass is 627 g/mol. The van der Waals surface area contributed by atoms with E-state index in [1.165, 1.54) is 21.9 Å². The van der Waals surface area contributed by atoms with Crippen molar-refractivity contribution in [2.75, 3.05) is 4.90 Å². The lowest BCUT2D eigenvalue weighted by Crippen LogP contribution is -2.10. The Morgan fingerprint density at radius 2 is 0.939 bits per heavy atom. The van der Waals surface area contributed by atoms with Gasteiger partial charge in [0.1, 0.15) is 16.7 Å². The van der Waals surface area contributed by atoms with Gasteiger partial charge in [0.15, 0.2) is 5.58 Å². The number of hydrogen-bond donors (Lipinski definition) is 0. The van der Waals surface area contributed by atoms with Gasteiger partial charge in [-0.1, -0.05) is 121 Å². The van der Waals surface area contributed by atoms with Crippen LogP contribution in [0.5, 0.6) is 0 Å². The van der Waals surface area contributed by atoms with Crippen LogP contribution in [-0.4, -0.2) is 0 Å². The van der Waals surface area contributed by atoms with Gasteiger partial charge in [-0.2, -0.15) is 0 Å². The third-order valence-corrected chi connectivity index (χ3v) is 9.64. The largest absolute Gasteiger partial charge is 0.456 e. The molecule has 0 saturated heterocycles. The lowest BCUT2D eigenvalue weighted by Gasteiger charge is -2.26. The van der Waals surface area contributed by atoms with E-state index in [2.05, 4.69) is 157 Å². The van der Waals surface area contributed by atoms with Crippen molar-refractivity contribution in [3.63, 3.8) is 0 Å². The second kappa shape index (κ2) is 11.0. The van der Waals surface area contributed by atoms with Crippen LogP contribution < -0.4 is 4.90 Å². The molecule has 2 heterocycles. The van der Waals surface area contributed by atoms with E-state index in [9.17, 15) is 0 Å². The number of anilines is 3. The average Bonchev–Trinajstić information content (AvgIpc) is 3.74. The lowest BCUT2D eigenvalue weighted by molar-refractivity contribution is 0.669. The van der Waals surface area contributed by atoms with Crippen molar-refractivity contribution in [2.24, 2.45) is 0 Å². The Morgan fingerprint density at radius 3 is 1.82 bits per heavy atom. The molecule has 0 fully saturated rings. The van der Waals surface area contributed by atoms with Crippen LogP contribution in [0.15, 0.2) is 185 Å². The molecule has 10 rings (SSSR count). The highest BCUT2D eigenvalue weighted by Crippen LogP contribution is 2.44. The second-order valence-corrected chi connectivity index (χ2v) is 12.5. The normalized spacial score (nSPS) is 11.7. The van der Waals surface area contributed by atoms with E-state index < -0.39 is 0 Å². The first-order valence-electron chi connectivity index (χ1n) is 16.6. The summed E-state index contributed by atoms with van der Waals surface area (Å²) in [5.41, 5.74) is 11.2. The quantitative estimate of drug-likeness (QED) is 0.190. The zero-order valence-corrected chi connectivity index (χ0v) is 26.5. The average molecular weight is 628 g/mol. The maximum atomic E-state index is 6.60. The van der Waals surface area contributed by atoms with Gasteiger partial charge >= 0.3 is 0 Å². The Hall–Kier alpha value is -6.58. The summed E-state index contributed by atoms with van der Waals surface area (Å²) in [6.45, 7) is 0. The summed E-state index contributed by atoms with van der Waals surface area (Å²) in [7, 11) is 0. The molecular formula is C46H29NO2. The fourth-order valence-corrected chi connectivity index (χ4v) is 7.36. The van der Waals surface area contributed by atoms with E-state index >= 15 is 0 Å². The molecule has 0 N–H and O–H groups in total. The van der Waals surface area contributed by atoms with Crippen LogP contribution in [0, 0.1) is 0 Å². The van der Waals surface area contributed by atoms with Gasteiger partial charge in [0.25, 0.3) is 0 Å². The number of furan rings is 2.